The minimum absolute atomic E-state index is 0.254. The average molecular weight is 281 g/mol. The number of benzene rings is 1. The van der Waals surface area contributed by atoms with Gasteiger partial charge in [0.25, 0.3) is 0 Å². The summed E-state index contributed by atoms with van der Waals surface area (Å²) in [6.07, 6.45) is 1.02. The monoisotopic (exact) mass is 281 g/mol. The van der Waals surface area contributed by atoms with Crippen LogP contribution in [-0.4, -0.2) is 9.55 Å². The van der Waals surface area contributed by atoms with Crippen molar-refractivity contribution in [2.24, 2.45) is 0 Å². The van der Waals surface area contributed by atoms with E-state index in [4.69, 9.17) is 5.73 Å². The van der Waals surface area contributed by atoms with Crippen LogP contribution < -0.4 is 5.73 Å². The normalized spacial score (nSPS) is 15.2. The Hall–Kier alpha value is -1.98. The van der Waals surface area contributed by atoms with Gasteiger partial charge in [-0.25, -0.2) is 4.98 Å². The highest BCUT2D eigenvalue weighted by Gasteiger charge is 2.33. The summed E-state index contributed by atoms with van der Waals surface area (Å²) < 4.78 is 40.5. The van der Waals surface area contributed by atoms with Crippen molar-refractivity contribution in [3.05, 3.63) is 41.5 Å². The maximum absolute atomic E-state index is 12.9. The molecule has 0 saturated carbocycles. The fourth-order valence-electron chi connectivity index (χ4n) is 2.63. The molecule has 1 aromatic carbocycles. The van der Waals surface area contributed by atoms with Gasteiger partial charge in [-0.1, -0.05) is 0 Å². The van der Waals surface area contributed by atoms with Gasteiger partial charge in [0.05, 0.1) is 17.6 Å². The summed E-state index contributed by atoms with van der Waals surface area (Å²) in [5, 5.41) is 0. The van der Waals surface area contributed by atoms with Crippen LogP contribution in [0.3, 0.4) is 0 Å². The Morgan fingerprint density at radius 1 is 1.15 bits per heavy atom. The zero-order valence-corrected chi connectivity index (χ0v) is 10.7. The van der Waals surface area contributed by atoms with Crippen molar-refractivity contribution < 1.29 is 13.2 Å². The highest BCUT2D eigenvalue weighted by Crippen LogP contribution is 2.35. The first-order chi connectivity index (χ1) is 9.47. The molecule has 1 aliphatic rings. The molecule has 0 fully saturated rings. The summed E-state index contributed by atoms with van der Waals surface area (Å²) in [5.41, 5.74) is 6.83. The van der Waals surface area contributed by atoms with Crippen molar-refractivity contribution in [1.82, 2.24) is 9.55 Å². The predicted octanol–water partition coefficient (Wildman–Crippen LogP) is 3.35. The van der Waals surface area contributed by atoms with Gasteiger partial charge in [0, 0.05) is 17.1 Å². The SMILES string of the molecule is Nc1ccc(-n2cnc3c2CCCC3)cc1C(F)(F)F. The quantitative estimate of drug-likeness (QED) is 0.815. The van der Waals surface area contributed by atoms with Gasteiger partial charge in [-0.05, 0) is 43.9 Å². The van der Waals surface area contributed by atoms with Gasteiger partial charge in [0.1, 0.15) is 0 Å². The number of hydrogen-bond donors (Lipinski definition) is 1. The molecule has 2 aromatic rings. The van der Waals surface area contributed by atoms with Crippen molar-refractivity contribution in [3.8, 4) is 5.69 Å². The highest BCUT2D eigenvalue weighted by molar-refractivity contribution is 5.54. The third kappa shape index (κ3) is 2.15. The number of alkyl halides is 3. The predicted molar refractivity (Wildman–Crippen MR) is 69.6 cm³/mol. The molecule has 0 bridgehead atoms. The average Bonchev–Trinajstić information content (AvgIpc) is 2.82. The van der Waals surface area contributed by atoms with Gasteiger partial charge in [-0.15, -0.1) is 0 Å². The lowest BCUT2D eigenvalue weighted by atomic mass is 10.0. The molecule has 1 aliphatic carbocycles. The first-order valence-corrected chi connectivity index (χ1v) is 6.49. The molecular weight excluding hydrogens is 267 g/mol. The van der Waals surface area contributed by atoms with Gasteiger partial charge in [0.2, 0.25) is 0 Å². The lowest BCUT2D eigenvalue weighted by Crippen LogP contribution is -2.11. The third-order valence-corrected chi connectivity index (χ3v) is 3.65. The van der Waals surface area contributed by atoms with E-state index in [1.165, 1.54) is 6.07 Å². The molecule has 1 aromatic heterocycles. The van der Waals surface area contributed by atoms with Gasteiger partial charge < -0.3 is 10.3 Å². The van der Waals surface area contributed by atoms with E-state index in [1.807, 2.05) is 0 Å². The van der Waals surface area contributed by atoms with Crippen molar-refractivity contribution in [1.29, 1.82) is 0 Å². The van der Waals surface area contributed by atoms with E-state index in [0.29, 0.717) is 5.69 Å². The van der Waals surface area contributed by atoms with Gasteiger partial charge in [-0.3, -0.25) is 0 Å². The second kappa shape index (κ2) is 4.54. The molecule has 0 unspecified atom stereocenters. The van der Waals surface area contributed by atoms with Crippen LogP contribution in [0.2, 0.25) is 0 Å². The summed E-state index contributed by atoms with van der Waals surface area (Å²) in [4.78, 5) is 4.30. The molecule has 0 atom stereocenters. The lowest BCUT2D eigenvalue weighted by molar-refractivity contribution is -0.136. The van der Waals surface area contributed by atoms with E-state index in [1.54, 1.807) is 17.0 Å². The van der Waals surface area contributed by atoms with Crippen LogP contribution in [0.1, 0.15) is 29.8 Å². The van der Waals surface area contributed by atoms with E-state index in [-0.39, 0.29) is 5.69 Å². The summed E-state index contributed by atoms with van der Waals surface area (Å²) in [5.74, 6) is 0. The van der Waals surface area contributed by atoms with Crippen molar-refractivity contribution in [3.63, 3.8) is 0 Å². The molecule has 0 spiro atoms. The van der Waals surface area contributed by atoms with E-state index in [0.717, 1.165) is 43.1 Å². The molecule has 106 valence electrons. The number of fused-ring (bicyclic) bond motifs is 1. The number of halogens is 3. The second-order valence-electron chi connectivity index (χ2n) is 4.98. The molecule has 3 nitrogen and oxygen atoms in total. The number of nitrogens with zero attached hydrogens (tertiary/aromatic N) is 2. The Kier molecular flexibility index (Phi) is 2.96. The summed E-state index contributed by atoms with van der Waals surface area (Å²) in [6.45, 7) is 0. The van der Waals surface area contributed by atoms with Gasteiger partial charge in [-0.2, -0.15) is 13.2 Å². The Labute approximate surface area is 114 Å². The zero-order chi connectivity index (χ0) is 14.3. The molecule has 1 heterocycles. The van der Waals surface area contributed by atoms with Crippen molar-refractivity contribution >= 4 is 5.69 Å². The summed E-state index contributed by atoms with van der Waals surface area (Å²) in [6, 6.07) is 3.99. The van der Waals surface area contributed by atoms with Crippen LogP contribution in [-0.2, 0) is 19.0 Å². The molecular formula is C14H14F3N3. The number of rotatable bonds is 1. The van der Waals surface area contributed by atoms with Crippen LogP contribution in [0.25, 0.3) is 5.69 Å². The molecule has 2 N–H and O–H groups in total. The second-order valence-corrected chi connectivity index (χ2v) is 4.98. The smallest absolute Gasteiger partial charge is 0.398 e. The molecule has 0 radical (unpaired) electrons. The number of hydrogen-bond acceptors (Lipinski definition) is 2. The zero-order valence-electron chi connectivity index (χ0n) is 10.7. The Bertz CT molecular complexity index is 644. The van der Waals surface area contributed by atoms with Crippen LogP contribution >= 0.6 is 0 Å². The molecule has 20 heavy (non-hydrogen) atoms. The number of aromatic nitrogens is 2. The minimum Gasteiger partial charge on any atom is -0.398 e. The van der Waals surface area contributed by atoms with E-state index in [2.05, 4.69) is 4.98 Å². The minimum atomic E-state index is -4.44. The first-order valence-electron chi connectivity index (χ1n) is 6.49. The number of imidazole rings is 1. The first kappa shape index (κ1) is 13.0. The Morgan fingerprint density at radius 2 is 1.90 bits per heavy atom. The molecule has 3 rings (SSSR count). The van der Waals surface area contributed by atoms with Crippen molar-refractivity contribution in [2.75, 3.05) is 5.73 Å². The molecule has 0 amide bonds. The molecule has 0 saturated heterocycles. The third-order valence-electron chi connectivity index (χ3n) is 3.65. The van der Waals surface area contributed by atoms with E-state index < -0.39 is 11.7 Å². The number of nitrogen functional groups attached to an aromatic ring is 1. The van der Waals surface area contributed by atoms with Gasteiger partial charge >= 0.3 is 6.18 Å². The Morgan fingerprint density at radius 3 is 2.65 bits per heavy atom. The number of nitrogens with two attached hydrogens (primary N) is 1. The number of aryl methyl sites for hydroxylation is 1. The maximum atomic E-state index is 12.9. The molecule has 0 aliphatic heterocycles. The van der Waals surface area contributed by atoms with Crippen LogP contribution in [0.15, 0.2) is 24.5 Å². The number of anilines is 1. The van der Waals surface area contributed by atoms with Gasteiger partial charge in [0.15, 0.2) is 0 Å². The fraction of sp³-hybridized carbons (Fsp3) is 0.357. The van der Waals surface area contributed by atoms with Crippen LogP contribution in [0, 0.1) is 0 Å². The summed E-state index contributed by atoms with van der Waals surface area (Å²) >= 11 is 0. The van der Waals surface area contributed by atoms with E-state index in [9.17, 15) is 13.2 Å². The van der Waals surface area contributed by atoms with E-state index >= 15 is 0 Å². The fourth-order valence-corrected chi connectivity index (χ4v) is 2.63. The maximum Gasteiger partial charge on any atom is 0.418 e. The topological polar surface area (TPSA) is 43.8 Å². The highest BCUT2D eigenvalue weighted by atomic mass is 19.4. The van der Waals surface area contributed by atoms with Crippen LogP contribution in [0.4, 0.5) is 18.9 Å². The lowest BCUT2D eigenvalue weighted by Gasteiger charge is -2.16. The standard InChI is InChI=1S/C14H14F3N3/c15-14(16,17)10-7-9(5-6-11(10)18)20-8-19-12-3-1-2-4-13(12)20/h5-8H,1-4,18H2. The Balaban J connectivity index is 2.09. The largest absolute Gasteiger partial charge is 0.418 e. The summed E-state index contributed by atoms with van der Waals surface area (Å²) in [7, 11) is 0. The van der Waals surface area contributed by atoms with Crippen LogP contribution in [0.5, 0.6) is 0 Å². The van der Waals surface area contributed by atoms with Crippen molar-refractivity contribution in [2.45, 2.75) is 31.9 Å². The molecule has 6 heteroatoms.